The number of hydrogen-bond acceptors (Lipinski definition) is 3. The molecule has 1 heterocycles. The van der Waals surface area contributed by atoms with Gasteiger partial charge in [0.2, 0.25) is 5.89 Å². The minimum atomic E-state index is -0.136. The third kappa shape index (κ3) is 4.27. The molecule has 144 valence electrons. The van der Waals surface area contributed by atoms with Crippen molar-refractivity contribution in [2.75, 3.05) is 6.54 Å². The van der Waals surface area contributed by atoms with Crippen LogP contribution in [-0.4, -0.2) is 17.4 Å². The first-order valence-corrected chi connectivity index (χ1v) is 9.66. The zero-order valence-electron chi connectivity index (χ0n) is 16.2. The molecule has 0 saturated carbocycles. The number of carbonyl (C=O) groups is 1. The summed E-state index contributed by atoms with van der Waals surface area (Å²) in [5.74, 6) is 1.20. The van der Waals surface area contributed by atoms with Gasteiger partial charge in [-0.1, -0.05) is 79.7 Å². The van der Waals surface area contributed by atoms with E-state index < -0.39 is 0 Å². The molecular weight excluding hydrogens is 360 g/mol. The van der Waals surface area contributed by atoms with Crippen molar-refractivity contribution < 1.29 is 9.21 Å². The molecule has 1 aromatic heterocycles. The van der Waals surface area contributed by atoms with E-state index in [0.29, 0.717) is 29.3 Å². The number of benzene rings is 3. The summed E-state index contributed by atoms with van der Waals surface area (Å²) in [6.45, 7) is 2.65. The quantitative estimate of drug-likeness (QED) is 0.476. The molecule has 1 amide bonds. The number of amides is 1. The van der Waals surface area contributed by atoms with E-state index in [1.165, 1.54) is 5.56 Å². The van der Waals surface area contributed by atoms with E-state index in [9.17, 15) is 4.79 Å². The van der Waals surface area contributed by atoms with Gasteiger partial charge in [0.25, 0.3) is 5.91 Å². The van der Waals surface area contributed by atoms with E-state index in [1.807, 2.05) is 66.7 Å². The molecule has 1 unspecified atom stereocenters. The summed E-state index contributed by atoms with van der Waals surface area (Å²) in [5.41, 5.74) is 3.37. The average molecular weight is 382 g/mol. The molecule has 0 aliphatic rings. The fourth-order valence-corrected chi connectivity index (χ4v) is 3.24. The highest BCUT2D eigenvalue weighted by atomic mass is 16.4. The molecular formula is C25H22N2O2. The Hall–Kier alpha value is -3.66. The van der Waals surface area contributed by atoms with Crippen LogP contribution in [0.15, 0.2) is 95.5 Å². The van der Waals surface area contributed by atoms with Crippen LogP contribution in [0.3, 0.4) is 0 Å². The van der Waals surface area contributed by atoms with Crippen LogP contribution in [0.25, 0.3) is 22.8 Å². The molecule has 0 fully saturated rings. The van der Waals surface area contributed by atoms with Crippen LogP contribution in [0.5, 0.6) is 0 Å². The average Bonchev–Trinajstić information content (AvgIpc) is 3.28. The number of carbonyl (C=O) groups excluding carboxylic acids is 1. The van der Waals surface area contributed by atoms with Crippen molar-refractivity contribution in [3.63, 3.8) is 0 Å². The zero-order valence-corrected chi connectivity index (χ0v) is 16.2. The second-order valence-corrected chi connectivity index (χ2v) is 6.96. The Kier molecular flexibility index (Phi) is 5.52. The molecule has 1 N–H and O–H groups in total. The molecule has 0 bridgehead atoms. The first-order valence-electron chi connectivity index (χ1n) is 9.66. The summed E-state index contributed by atoms with van der Waals surface area (Å²) in [4.78, 5) is 17.3. The topological polar surface area (TPSA) is 55.1 Å². The highest BCUT2D eigenvalue weighted by Crippen LogP contribution is 2.28. The highest BCUT2D eigenvalue weighted by molar-refractivity contribution is 6.00. The number of oxazole rings is 1. The minimum absolute atomic E-state index is 0.136. The van der Waals surface area contributed by atoms with Crippen molar-refractivity contribution in [1.82, 2.24) is 10.3 Å². The SMILES string of the molecule is CC(CNC(=O)c1ccccc1-c1ncc(-c2ccccc2)o1)c1ccccc1. The number of hydrogen-bond donors (Lipinski definition) is 1. The number of aromatic nitrogens is 1. The van der Waals surface area contributed by atoms with E-state index in [0.717, 1.165) is 5.56 Å². The lowest BCUT2D eigenvalue weighted by Crippen LogP contribution is -2.28. The Labute approximate surface area is 170 Å². The second kappa shape index (κ2) is 8.57. The van der Waals surface area contributed by atoms with Gasteiger partial charge in [-0.05, 0) is 23.6 Å². The lowest BCUT2D eigenvalue weighted by atomic mass is 10.0. The predicted molar refractivity (Wildman–Crippen MR) is 115 cm³/mol. The fourth-order valence-electron chi connectivity index (χ4n) is 3.24. The maximum Gasteiger partial charge on any atom is 0.252 e. The third-order valence-corrected chi connectivity index (χ3v) is 4.90. The van der Waals surface area contributed by atoms with Crippen LogP contribution in [0.4, 0.5) is 0 Å². The van der Waals surface area contributed by atoms with Gasteiger partial charge in [-0.25, -0.2) is 4.98 Å². The predicted octanol–water partition coefficient (Wildman–Crippen LogP) is 5.54. The van der Waals surface area contributed by atoms with E-state index in [1.54, 1.807) is 12.3 Å². The first kappa shape index (κ1) is 18.7. The molecule has 0 aliphatic heterocycles. The lowest BCUT2D eigenvalue weighted by Gasteiger charge is -2.14. The van der Waals surface area contributed by atoms with Gasteiger partial charge in [0.1, 0.15) is 0 Å². The number of nitrogens with zero attached hydrogens (tertiary/aromatic N) is 1. The van der Waals surface area contributed by atoms with Crippen LogP contribution >= 0.6 is 0 Å². The molecule has 29 heavy (non-hydrogen) atoms. The molecule has 0 spiro atoms. The normalized spacial score (nSPS) is 11.8. The maximum atomic E-state index is 12.9. The van der Waals surface area contributed by atoms with E-state index in [-0.39, 0.29) is 11.8 Å². The van der Waals surface area contributed by atoms with Crippen LogP contribution in [0.2, 0.25) is 0 Å². The Bertz CT molecular complexity index is 1090. The largest absolute Gasteiger partial charge is 0.436 e. The monoisotopic (exact) mass is 382 g/mol. The Balaban J connectivity index is 1.53. The van der Waals surface area contributed by atoms with Crippen molar-refractivity contribution in [1.29, 1.82) is 0 Å². The Morgan fingerprint density at radius 2 is 1.59 bits per heavy atom. The zero-order chi connectivity index (χ0) is 20.1. The number of nitrogens with one attached hydrogen (secondary N) is 1. The molecule has 0 radical (unpaired) electrons. The van der Waals surface area contributed by atoms with Crippen molar-refractivity contribution in [3.05, 3.63) is 102 Å². The Morgan fingerprint density at radius 1 is 0.931 bits per heavy atom. The molecule has 4 nitrogen and oxygen atoms in total. The van der Waals surface area contributed by atoms with E-state index in [2.05, 4.69) is 29.4 Å². The van der Waals surface area contributed by atoms with Crippen molar-refractivity contribution in [3.8, 4) is 22.8 Å². The molecule has 4 aromatic rings. The maximum absolute atomic E-state index is 12.9. The van der Waals surface area contributed by atoms with Crippen LogP contribution in [0, 0.1) is 0 Å². The lowest BCUT2D eigenvalue weighted by molar-refractivity contribution is 0.0952. The van der Waals surface area contributed by atoms with Crippen LogP contribution < -0.4 is 5.32 Å². The van der Waals surface area contributed by atoms with Crippen LogP contribution in [-0.2, 0) is 0 Å². The summed E-state index contributed by atoms with van der Waals surface area (Å²) in [5, 5.41) is 3.04. The summed E-state index contributed by atoms with van der Waals surface area (Å²) >= 11 is 0. The van der Waals surface area contributed by atoms with Gasteiger partial charge in [-0.15, -0.1) is 0 Å². The highest BCUT2D eigenvalue weighted by Gasteiger charge is 2.17. The van der Waals surface area contributed by atoms with Crippen LogP contribution in [0.1, 0.15) is 28.8 Å². The third-order valence-electron chi connectivity index (χ3n) is 4.90. The molecule has 4 heteroatoms. The van der Waals surface area contributed by atoms with E-state index in [4.69, 9.17) is 4.42 Å². The van der Waals surface area contributed by atoms with Gasteiger partial charge in [0, 0.05) is 17.7 Å². The molecule has 1 atom stereocenters. The van der Waals surface area contributed by atoms with E-state index >= 15 is 0 Å². The summed E-state index contributed by atoms with van der Waals surface area (Å²) in [6, 6.07) is 27.3. The Morgan fingerprint density at radius 3 is 2.34 bits per heavy atom. The van der Waals surface area contributed by atoms with Crippen molar-refractivity contribution in [2.45, 2.75) is 12.8 Å². The summed E-state index contributed by atoms with van der Waals surface area (Å²) < 4.78 is 5.95. The first-order chi connectivity index (χ1) is 14.2. The van der Waals surface area contributed by atoms with Gasteiger partial charge in [-0.3, -0.25) is 4.79 Å². The molecule has 4 rings (SSSR count). The molecule has 0 saturated heterocycles. The number of rotatable bonds is 6. The van der Waals surface area contributed by atoms with Gasteiger partial charge in [-0.2, -0.15) is 0 Å². The van der Waals surface area contributed by atoms with Crippen molar-refractivity contribution in [2.24, 2.45) is 0 Å². The fraction of sp³-hybridized carbons (Fsp3) is 0.120. The van der Waals surface area contributed by atoms with Gasteiger partial charge in [0.15, 0.2) is 5.76 Å². The summed E-state index contributed by atoms with van der Waals surface area (Å²) in [7, 11) is 0. The summed E-state index contributed by atoms with van der Waals surface area (Å²) in [6.07, 6.45) is 1.69. The van der Waals surface area contributed by atoms with Gasteiger partial charge >= 0.3 is 0 Å². The van der Waals surface area contributed by atoms with Gasteiger partial charge < -0.3 is 9.73 Å². The van der Waals surface area contributed by atoms with Gasteiger partial charge in [0.05, 0.1) is 11.8 Å². The smallest absolute Gasteiger partial charge is 0.252 e. The molecule has 0 aliphatic carbocycles. The molecule has 3 aromatic carbocycles. The minimum Gasteiger partial charge on any atom is -0.436 e. The van der Waals surface area contributed by atoms with Crippen molar-refractivity contribution >= 4 is 5.91 Å². The second-order valence-electron chi connectivity index (χ2n) is 6.96. The standard InChI is InChI=1S/C25H22N2O2/c1-18(19-10-4-2-5-11-19)16-26-24(28)21-14-8-9-15-22(21)25-27-17-23(29-25)20-12-6-3-7-13-20/h2-15,17-18H,16H2,1H3,(H,26,28).